The van der Waals surface area contributed by atoms with Crippen molar-refractivity contribution in [2.24, 2.45) is 0 Å². The van der Waals surface area contributed by atoms with E-state index < -0.39 is 0 Å². The van der Waals surface area contributed by atoms with Gasteiger partial charge >= 0.3 is 0 Å². The van der Waals surface area contributed by atoms with Crippen molar-refractivity contribution in [3.8, 4) is 0 Å². The molecule has 0 amide bonds. The molecule has 0 saturated heterocycles. The van der Waals surface area contributed by atoms with E-state index in [9.17, 15) is 0 Å². The van der Waals surface area contributed by atoms with E-state index in [0.29, 0.717) is 6.04 Å². The van der Waals surface area contributed by atoms with Gasteiger partial charge in [0.15, 0.2) is 0 Å². The first-order valence-electron chi connectivity index (χ1n) is 4.67. The Kier molecular flexibility index (Phi) is 5.73. The molecule has 1 heteroatoms. The van der Waals surface area contributed by atoms with Gasteiger partial charge in [0.25, 0.3) is 0 Å². The molecule has 0 spiro atoms. The van der Waals surface area contributed by atoms with Crippen LogP contribution < -0.4 is 0 Å². The maximum Gasteiger partial charge on any atom is 0.0336 e. The van der Waals surface area contributed by atoms with Crippen LogP contribution in [0.2, 0.25) is 0 Å². The summed E-state index contributed by atoms with van der Waals surface area (Å²) in [5, 5.41) is 0. The summed E-state index contributed by atoms with van der Waals surface area (Å²) in [6.07, 6.45) is 2.98. The highest BCUT2D eigenvalue weighted by Gasteiger charge is 2.13. The second-order valence-electron chi connectivity index (χ2n) is 3.11. The predicted octanol–water partition coefficient (Wildman–Crippen LogP) is 2.85. The van der Waals surface area contributed by atoms with Gasteiger partial charge in [-0.1, -0.05) is 32.1 Å². The monoisotopic (exact) mass is 167 g/mol. The van der Waals surface area contributed by atoms with Crippen molar-refractivity contribution >= 4 is 0 Å². The van der Waals surface area contributed by atoms with Crippen LogP contribution in [0.1, 0.15) is 27.2 Å². The Balaban J connectivity index is 4.24. The summed E-state index contributed by atoms with van der Waals surface area (Å²) in [5.74, 6) is 0. The average molecular weight is 167 g/mol. The number of hydrogen-bond acceptors (Lipinski definition) is 1. The lowest BCUT2D eigenvalue weighted by molar-refractivity contribution is 0.246. The highest BCUT2D eigenvalue weighted by Crippen LogP contribution is 2.12. The van der Waals surface area contributed by atoms with Crippen LogP contribution in [0.3, 0.4) is 0 Å². The molecule has 0 aliphatic carbocycles. The van der Waals surface area contributed by atoms with E-state index in [0.717, 1.165) is 19.5 Å². The third-order valence-corrected chi connectivity index (χ3v) is 2.21. The van der Waals surface area contributed by atoms with Gasteiger partial charge in [-0.3, -0.25) is 4.90 Å². The molecule has 0 radical (unpaired) electrons. The second-order valence-corrected chi connectivity index (χ2v) is 3.11. The van der Waals surface area contributed by atoms with Crippen LogP contribution in [0.5, 0.6) is 0 Å². The Labute approximate surface area is 76.8 Å². The molecule has 0 aliphatic rings. The zero-order valence-electron chi connectivity index (χ0n) is 8.64. The van der Waals surface area contributed by atoms with E-state index in [1.165, 1.54) is 5.57 Å². The summed E-state index contributed by atoms with van der Waals surface area (Å²) in [5.41, 5.74) is 1.23. The van der Waals surface area contributed by atoms with Crippen LogP contribution in [0.15, 0.2) is 24.8 Å². The highest BCUT2D eigenvalue weighted by atomic mass is 15.1. The maximum absolute atomic E-state index is 4.00. The summed E-state index contributed by atoms with van der Waals surface area (Å²) in [6.45, 7) is 16.4. The van der Waals surface area contributed by atoms with Gasteiger partial charge in [-0.2, -0.15) is 0 Å². The lowest BCUT2D eigenvalue weighted by Gasteiger charge is -2.29. The quantitative estimate of drug-likeness (QED) is 0.550. The summed E-state index contributed by atoms with van der Waals surface area (Å²) >= 11 is 0. The summed E-state index contributed by atoms with van der Waals surface area (Å²) in [7, 11) is 0. The molecule has 0 aromatic heterocycles. The van der Waals surface area contributed by atoms with Crippen LogP contribution in [0, 0.1) is 0 Å². The standard InChI is InChI=1S/C11H21N/c1-6-9-11(10(4)5)12(7-2)8-3/h6,11H,1,4,7-9H2,2-3,5H3. The fourth-order valence-electron chi connectivity index (χ4n) is 1.48. The van der Waals surface area contributed by atoms with Crippen molar-refractivity contribution in [1.29, 1.82) is 0 Å². The molecular weight excluding hydrogens is 146 g/mol. The molecule has 0 aromatic rings. The minimum absolute atomic E-state index is 0.484. The van der Waals surface area contributed by atoms with Gasteiger partial charge in [-0.25, -0.2) is 0 Å². The van der Waals surface area contributed by atoms with Gasteiger partial charge in [0.05, 0.1) is 0 Å². The smallest absolute Gasteiger partial charge is 0.0336 e. The van der Waals surface area contributed by atoms with Crippen molar-refractivity contribution < 1.29 is 0 Å². The van der Waals surface area contributed by atoms with Gasteiger partial charge in [-0.05, 0) is 26.4 Å². The number of rotatable bonds is 6. The largest absolute Gasteiger partial charge is 0.297 e. The van der Waals surface area contributed by atoms with Gasteiger partial charge in [0.1, 0.15) is 0 Å². The van der Waals surface area contributed by atoms with E-state index in [4.69, 9.17) is 0 Å². The first kappa shape index (κ1) is 11.4. The zero-order valence-corrected chi connectivity index (χ0v) is 8.64. The van der Waals surface area contributed by atoms with Gasteiger partial charge in [-0.15, -0.1) is 6.58 Å². The van der Waals surface area contributed by atoms with Gasteiger partial charge < -0.3 is 0 Å². The van der Waals surface area contributed by atoms with Crippen LogP contribution in [-0.2, 0) is 0 Å². The third kappa shape index (κ3) is 3.22. The lowest BCUT2D eigenvalue weighted by Crippen LogP contribution is -2.35. The van der Waals surface area contributed by atoms with E-state index in [1.807, 2.05) is 6.08 Å². The van der Waals surface area contributed by atoms with Crippen molar-refractivity contribution in [3.05, 3.63) is 24.8 Å². The minimum atomic E-state index is 0.484. The lowest BCUT2D eigenvalue weighted by atomic mass is 10.1. The second kappa shape index (κ2) is 6.01. The fraction of sp³-hybridized carbons (Fsp3) is 0.636. The molecule has 70 valence electrons. The summed E-state index contributed by atoms with van der Waals surface area (Å²) < 4.78 is 0. The summed E-state index contributed by atoms with van der Waals surface area (Å²) in [6, 6.07) is 0.484. The molecule has 0 saturated carbocycles. The average Bonchev–Trinajstić information content (AvgIpc) is 2.05. The van der Waals surface area contributed by atoms with Gasteiger partial charge in [0, 0.05) is 6.04 Å². The number of nitrogens with zero attached hydrogens (tertiary/aromatic N) is 1. The first-order chi connectivity index (χ1) is 5.67. The van der Waals surface area contributed by atoms with Crippen molar-refractivity contribution in [1.82, 2.24) is 4.90 Å². The number of likely N-dealkylation sites (N-methyl/N-ethyl adjacent to an activating group) is 1. The van der Waals surface area contributed by atoms with Crippen LogP contribution >= 0.6 is 0 Å². The Morgan fingerprint density at radius 1 is 1.42 bits per heavy atom. The molecule has 0 N–H and O–H groups in total. The minimum Gasteiger partial charge on any atom is -0.297 e. The Bertz CT molecular complexity index is 145. The van der Waals surface area contributed by atoms with E-state index >= 15 is 0 Å². The molecule has 1 nitrogen and oxygen atoms in total. The molecule has 0 aromatic carbocycles. The molecule has 0 fully saturated rings. The molecule has 0 aliphatic heterocycles. The Hall–Kier alpha value is -0.560. The molecular formula is C11H21N. The Morgan fingerprint density at radius 2 is 1.92 bits per heavy atom. The Morgan fingerprint density at radius 3 is 2.17 bits per heavy atom. The SMILES string of the molecule is C=CCC(C(=C)C)N(CC)CC. The maximum atomic E-state index is 4.00. The number of hydrogen-bond donors (Lipinski definition) is 0. The molecule has 0 bridgehead atoms. The van der Waals surface area contributed by atoms with Crippen LogP contribution in [0.4, 0.5) is 0 Å². The van der Waals surface area contributed by atoms with Crippen LogP contribution in [-0.4, -0.2) is 24.0 Å². The molecule has 1 atom stereocenters. The first-order valence-corrected chi connectivity index (χ1v) is 4.67. The van der Waals surface area contributed by atoms with Crippen LogP contribution in [0.25, 0.3) is 0 Å². The highest BCUT2D eigenvalue weighted by molar-refractivity contribution is 5.04. The third-order valence-electron chi connectivity index (χ3n) is 2.21. The van der Waals surface area contributed by atoms with Crippen molar-refractivity contribution in [2.75, 3.05) is 13.1 Å². The molecule has 12 heavy (non-hydrogen) atoms. The van der Waals surface area contributed by atoms with E-state index in [2.05, 4.69) is 38.8 Å². The predicted molar refractivity (Wildman–Crippen MR) is 56.3 cm³/mol. The normalized spacial score (nSPS) is 13.0. The van der Waals surface area contributed by atoms with Gasteiger partial charge in [0.2, 0.25) is 0 Å². The van der Waals surface area contributed by atoms with E-state index in [1.54, 1.807) is 0 Å². The van der Waals surface area contributed by atoms with Crippen molar-refractivity contribution in [2.45, 2.75) is 33.2 Å². The molecule has 0 heterocycles. The fourth-order valence-corrected chi connectivity index (χ4v) is 1.48. The molecule has 1 unspecified atom stereocenters. The van der Waals surface area contributed by atoms with Crippen molar-refractivity contribution in [3.63, 3.8) is 0 Å². The zero-order chi connectivity index (χ0) is 9.56. The molecule has 0 rings (SSSR count). The van der Waals surface area contributed by atoms with E-state index in [-0.39, 0.29) is 0 Å². The summed E-state index contributed by atoms with van der Waals surface area (Å²) in [4.78, 5) is 2.41. The topological polar surface area (TPSA) is 3.24 Å².